The van der Waals surface area contributed by atoms with Crippen molar-refractivity contribution in [3.63, 3.8) is 0 Å². The molecule has 3 rings (SSSR count). The minimum atomic E-state index is -4.39. The molecule has 2 aromatic heterocycles. The molecule has 6 nitrogen and oxygen atoms in total. The second kappa shape index (κ2) is 6.99. The minimum absolute atomic E-state index is 0.0265. The van der Waals surface area contributed by atoms with E-state index < -0.39 is 11.7 Å². The van der Waals surface area contributed by atoms with Crippen molar-refractivity contribution in [2.45, 2.75) is 44.9 Å². The molecule has 1 N–H and O–H groups in total. The van der Waals surface area contributed by atoms with Crippen molar-refractivity contribution in [3.05, 3.63) is 45.9 Å². The Bertz CT molecular complexity index is 783. The molecule has 1 saturated heterocycles. The zero-order chi connectivity index (χ0) is 18.0. The fraction of sp³-hybridized carbons (Fsp3) is 0.562. The summed E-state index contributed by atoms with van der Waals surface area (Å²) in [5.41, 5.74) is -0.721. The Morgan fingerprint density at radius 2 is 2.20 bits per heavy atom. The molecule has 0 spiro atoms. The summed E-state index contributed by atoms with van der Waals surface area (Å²) in [5.74, 6) is 0.707. The second-order valence-corrected chi connectivity index (χ2v) is 6.24. The quantitative estimate of drug-likeness (QED) is 0.915. The normalized spacial score (nSPS) is 19.3. The van der Waals surface area contributed by atoms with Crippen LogP contribution in [0.2, 0.25) is 0 Å². The van der Waals surface area contributed by atoms with E-state index in [-0.39, 0.29) is 23.7 Å². The van der Waals surface area contributed by atoms with Crippen molar-refractivity contribution in [1.82, 2.24) is 24.6 Å². The maximum absolute atomic E-state index is 13.1. The number of H-pyrrole nitrogens is 1. The summed E-state index contributed by atoms with van der Waals surface area (Å²) < 4.78 is 41.0. The number of likely N-dealkylation sites (tertiary alicyclic amines) is 1. The van der Waals surface area contributed by atoms with E-state index in [1.54, 1.807) is 4.57 Å². The number of aromatic amines is 1. The first-order chi connectivity index (χ1) is 11.9. The highest BCUT2D eigenvalue weighted by Gasteiger charge is 2.34. The van der Waals surface area contributed by atoms with Crippen LogP contribution < -0.4 is 5.69 Å². The smallest absolute Gasteiger partial charge is 0.298 e. The van der Waals surface area contributed by atoms with Gasteiger partial charge in [0.05, 0.1) is 5.56 Å². The maximum atomic E-state index is 13.1. The molecule has 1 fully saturated rings. The van der Waals surface area contributed by atoms with E-state index in [4.69, 9.17) is 0 Å². The number of pyridine rings is 1. The summed E-state index contributed by atoms with van der Waals surface area (Å²) in [6, 6.07) is 1.01. The summed E-state index contributed by atoms with van der Waals surface area (Å²) >= 11 is 0. The fourth-order valence-electron chi connectivity index (χ4n) is 3.43. The molecule has 25 heavy (non-hydrogen) atoms. The average Bonchev–Trinajstić information content (AvgIpc) is 2.95. The van der Waals surface area contributed by atoms with Crippen LogP contribution >= 0.6 is 0 Å². The van der Waals surface area contributed by atoms with Gasteiger partial charge in [-0.1, -0.05) is 0 Å². The topological polar surface area (TPSA) is 66.8 Å². The van der Waals surface area contributed by atoms with Crippen molar-refractivity contribution < 1.29 is 13.2 Å². The van der Waals surface area contributed by atoms with E-state index in [0.29, 0.717) is 25.5 Å². The largest absolute Gasteiger partial charge is 0.416 e. The van der Waals surface area contributed by atoms with Crippen molar-refractivity contribution in [1.29, 1.82) is 0 Å². The number of piperidine rings is 1. The second-order valence-electron chi connectivity index (χ2n) is 6.24. The summed E-state index contributed by atoms with van der Waals surface area (Å²) in [6.45, 7) is 3.84. The van der Waals surface area contributed by atoms with Crippen LogP contribution in [0.15, 0.2) is 23.3 Å². The van der Waals surface area contributed by atoms with Gasteiger partial charge >= 0.3 is 11.9 Å². The van der Waals surface area contributed by atoms with Gasteiger partial charge in [0.2, 0.25) is 0 Å². The Morgan fingerprint density at radius 3 is 2.92 bits per heavy atom. The molecule has 0 saturated carbocycles. The lowest BCUT2D eigenvalue weighted by Crippen LogP contribution is -2.36. The molecule has 1 aliphatic rings. The molecule has 136 valence electrons. The van der Waals surface area contributed by atoms with Crippen LogP contribution in [0.3, 0.4) is 0 Å². The van der Waals surface area contributed by atoms with Crippen molar-refractivity contribution in [2.75, 3.05) is 13.1 Å². The van der Waals surface area contributed by atoms with Crippen LogP contribution in [0, 0.1) is 0 Å². The third-order valence-corrected chi connectivity index (χ3v) is 4.58. The van der Waals surface area contributed by atoms with Gasteiger partial charge in [-0.05, 0) is 37.9 Å². The lowest BCUT2D eigenvalue weighted by atomic mass is 9.96. The predicted molar refractivity (Wildman–Crippen MR) is 85.0 cm³/mol. The van der Waals surface area contributed by atoms with Gasteiger partial charge in [0.15, 0.2) is 0 Å². The van der Waals surface area contributed by atoms with Gasteiger partial charge in [0.25, 0.3) is 0 Å². The van der Waals surface area contributed by atoms with Gasteiger partial charge < -0.3 is 0 Å². The van der Waals surface area contributed by atoms with E-state index in [2.05, 4.69) is 15.2 Å². The molecule has 2 aromatic rings. The summed E-state index contributed by atoms with van der Waals surface area (Å²) in [4.78, 5) is 17.6. The number of hydrogen-bond acceptors (Lipinski definition) is 4. The van der Waals surface area contributed by atoms with Gasteiger partial charge in [-0.2, -0.15) is 18.3 Å². The zero-order valence-electron chi connectivity index (χ0n) is 13.9. The van der Waals surface area contributed by atoms with Crippen molar-refractivity contribution in [2.24, 2.45) is 0 Å². The van der Waals surface area contributed by atoms with Gasteiger partial charge in [0, 0.05) is 37.9 Å². The summed E-state index contributed by atoms with van der Waals surface area (Å²) in [5, 5.41) is 6.57. The molecule has 0 bridgehead atoms. The van der Waals surface area contributed by atoms with Crippen LogP contribution in [0.1, 0.15) is 42.6 Å². The maximum Gasteiger partial charge on any atom is 0.416 e. The molecule has 0 aromatic carbocycles. The standard InChI is InChI=1S/C16H20F3N5O/c1-2-24-14(21-22-15(24)25)11-4-3-7-23(9-11)10-12-8-20-6-5-13(12)16(17,18)19/h5-6,8,11H,2-4,7,9-10H2,1H3,(H,22,25). The summed E-state index contributed by atoms with van der Waals surface area (Å²) in [6.07, 6.45) is -0.243. The number of alkyl halides is 3. The number of rotatable bonds is 4. The molecule has 3 heterocycles. The third kappa shape index (κ3) is 3.76. The molecule has 1 atom stereocenters. The van der Waals surface area contributed by atoms with E-state index >= 15 is 0 Å². The molecule has 9 heteroatoms. The molecular weight excluding hydrogens is 335 g/mol. The molecule has 0 aliphatic carbocycles. The first-order valence-corrected chi connectivity index (χ1v) is 8.27. The lowest BCUT2D eigenvalue weighted by Gasteiger charge is -2.32. The summed E-state index contributed by atoms with van der Waals surface area (Å²) in [7, 11) is 0. The monoisotopic (exact) mass is 355 g/mol. The number of aromatic nitrogens is 4. The van der Waals surface area contributed by atoms with Crippen LogP contribution in [-0.2, 0) is 19.3 Å². The van der Waals surface area contributed by atoms with E-state index in [1.807, 2.05) is 11.8 Å². The molecular formula is C16H20F3N5O. The Morgan fingerprint density at radius 1 is 1.40 bits per heavy atom. The molecule has 0 amide bonds. The van der Waals surface area contributed by atoms with E-state index in [1.165, 1.54) is 6.20 Å². The van der Waals surface area contributed by atoms with Crippen molar-refractivity contribution >= 4 is 0 Å². The van der Waals surface area contributed by atoms with Crippen molar-refractivity contribution in [3.8, 4) is 0 Å². The number of hydrogen-bond donors (Lipinski definition) is 1. The lowest BCUT2D eigenvalue weighted by molar-refractivity contribution is -0.138. The first-order valence-electron chi connectivity index (χ1n) is 8.27. The SMILES string of the molecule is CCn1c(C2CCCN(Cc3cnccc3C(F)(F)F)C2)n[nH]c1=O. The van der Waals surface area contributed by atoms with Gasteiger partial charge in [0.1, 0.15) is 5.82 Å². The number of halogens is 3. The van der Waals surface area contributed by atoms with E-state index in [9.17, 15) is 18.0 Å². The van der Waals surface area contributed by atoms with Crippen LogP contribution in [0.4, 0.5) is 13.2 Å². The molecule has 1 unspecified atom stereocenters. The highest BCUT2D eigenvalue weighted by atomic mass is 19.4. The number of nitrogens with one attached hydrogen (secondary N) is 1. The minimum Gasteiger partial charge on any atom is -0.298 e. The Kier molecular flexibility index (Phi) is 4.94. The zero-order valence-corrected chi connectivity index (χ0v) is 13.9. The van der Waals surface area contributed by atoms with Gasteiger partial charge in [-0.25, -0.2) is 9.89 Å². The molecule has 0 radical (unpaired) electrons. The van der Waals surface area contributed by atoms with Crippen LogP contribution in [-0.4, -0.2) is 37.7 Å². The molecule has 1 aliphatic heterocycles. The Labute approximate surface area is 142 Å². The Hall–Kier alpha value is -2.16. The Balaban J connectivity index is 1.78. The van der Waals surface area contributed by atoms with Gasteiger partial charge in [-0.3, -0.25) is 14.5 Å². The van der Waals surface area contributed by atoms with E-state index in [0.717, 1.165) is 25.1 Å². The van der Waals surface area contributed by atoms with Crippen LogP contribution in [0.25, 0.3) is 0 Å². The highest BCUT2D eigenvalue weighted by molar-refractivity contribution is 5.26. The predicted octanol–water partition coefficient (Wildman–Crippen LogP) is 2.38. The third-order valence-electron chi connectivity index (χ3n) is 4.58. The number of nitrogens with zero attached hydrogens (tertiary/aromatic N) is 4. The fourth-order valence-corrected chi connectivity index (χ4v) is 3.43. The van der Waals surface area contributed by atoms with Crippen LogP contribution in [0.5, 0.6) is 0 Å². The first kappa shape index (κ1) is 17.7. The average molecular weight is 355 g/mol. The highest BCUT2D eigenvalue weighted by Crippen LogP contribution is 2.33. The van der Waals surface area contributed by atoms with Gasteiger partial charge in [-0.15, -0.1) is 0 Å².